The SMILES string of the molecule is Brc1ccc(-n2c3ccn(-c4ccccc4)c3c3c4ccccc4c4ccccc4c32)cc1. The van der Waals surface area contributed by atoms with Crippen LogP contribution in [0, 0.1) is 0 Å². The summed E-state index contributed by atoms with van der Waals surface area (Å²) in [5, 5.41) is 6.41. The molecule has 5 aromatic carbocycles. The molecule has 156 valence electrons. The van der Waals surface area contributed by atoms with Crippen molar-refractivity contribution >= 4 is 59.4 Å². The molecule has 2 heterocycles. The fraction of sp³-hybridized carbons (Fsp3) is 0. The minimum atomic E-state index is 1.08. The van der Waals surface area contributed by atoms with Crippen LogP contribution >= 0.6 is 15.9 Å². The lowest BCUT2D eigenvalue weighted by atomic mass is 9.98. The number of aromatic nitrogens is 2. The van der Waals surface area contributed by atoms with E-state index in [2.05, 4.69) is 140 Å². The number of para-hydroxylation sites is 1. The van der Waals surface area contributed by atoms with Gasteiger partial charge in [0.25, 0.3) is 0 Å². The van der Waals surface area contributed by atoms with Crippen LogP contribution in [0.25, 0.3) is 54.9 Å². The van der Waals surface area contributed by atoms with E-state index >= 15 is 0 Å². The number of fused-ring (bicyclic) bond motifs is 8. The smallest absolute Gasteiger partial charge is 0.0798 e. The van der Waals surface area contributed by atoms with Gasteiger partial charge in [-0.2, -0.15) is 0 Å². The van der Waals surface area contributed by atoms with Crippen molar-refractivity contribution in [3.8, 4) is 11.4 Å². The zero-order valence-electron chi connectivity index (χ0n) is 17.7. The molecule has 2 nitrogen and oxygen atoms in total. The lowest BCUT2D eigenvalue weighted by molar-refractivity contribution is 1.13. The molecule has 0 atom stereocenters. The normalized spacial score (nSPS) is 11.8. The Morgan fingerprint density at radius 2 is 1.09 bits per heavy atom. The molecule has 0 saturated heterocycles. The summed E-state index contributed by atoms with van der Waals surface area (Å²) in [6.07, 6.45) is 2.19. The molecule has 0 aliphatic heterocycles. The minimum absolute atomic E-state index is 1.08. The molecule has 0 fully saturated rings. The molecule has 0 spiro atoms. The van der Waals surface area contributed by atoms with Crippen molar-refractivity contribution in [3.05, 3.63) is 120 Å². The second kappa shape index (κ2) is 7.09. The van der Waals surface area contributed by atoms with E-state index in [4.69, 9.17) is 0 Å². The van der Waals surface area contributed by atoms with E-state index in [9.17, 15) is 0 Å². The van der Waals surface area contributed by atoms with E-state index in [1.54, 1.807) is 0 Å². The summed E-state index contributed by atoms with van der Waals surface area (Å²) in [5.74, 6) is 0. The van der Waals surface area contributed by atoms with E-state index in [0.717, 1.165) is 10.2 Å². The average molecular weight is 487 g/mol. The number of rotatable bonds is 2. The van der Waals surface area contributed by atoms with Gasteiger partial charge in [0.05, 0.1) is 16.6 Å². The molecule has 0 aliphatic carbocycles. The Labute approximate surface area is 199 Å². The molecule has 0 aliphatic rings. The Balaban J connectivity index is 1.79. The fourth-order valence-electron chi connectivity index (χ4n) is 5.23. The molecule has 7 rings (SSSR count). The molecule has 0 amide bonds. The third kappa shape index (κ3) is 2.66. The predicted octanol–water partition coefficient (Wildman–Crippen LogP) is 8.64. The lowest BCUT2D eigenvalue weighted by Gasteiger charge is -2.12. The van der Waals surface area contributed by atoms with Crippen LogP contribution < -0.4 is 0 Å². The number of nitrogens with zero attached hydrogens (tertiary/aromatic N) is 2. The lowest BCUT2D eigenvalue weighted by Crippen LogP contribution is -1.94. The van der Waals surface area contributed by atoms with Crippen LogP contribution in [0.2, 0.25) is 0 Å². The van der Waals surface area contributed by atoms with Crippen LogP contribution in [-0.2, 0) is 0 Å². The highest BCUT2D eigenvalue weighted by Crippen LogP contribution is 2.43. The van der Waals surface area contributed by atoms with Crippen LogP contribution in [0.1, 0.15) is 0 Å². The largest absolute Gasteiger partial charge is 0.314 e. The van der Waals surface area contributed by atoms with Crippen LogP contribution in [0.5, 0.6) is 0 Å². The average Bonchev–Trinajstić information content (AvgIpc) is 3.44. The molecule has 0 unspecified atom stereocenters. The van der Waals surface area contributed by atoms with Gasteiger partial charge in [-0.05, 0) is 58.6 Å². The van der Waals surface area contributed by atoms with Crippen LogP contribution in [0.3, 0.4) is 0 Å². The van der Waals surface area contributed by atoms with Crippen molar-refractivity contribution in [1.82, 2.24) is 9.13 Å². The van der Waals surface area contributed by atoms with Gasteiger partial charge >= 0.3 is 0 Å². The summed E-state index contributed by atoms with van der Waals surface area (Å²) in [7, 11) is 0. The molecular formula is C30H19BrN2. The van der Waals surface area contributed by atoms with Crippen molar-refractivity contribution in [2.75, 3.05) is 0 Å². The monoisotopic (exact) mass is 486 g/mol. The van der Waals surface area contributed by atoms with Crippen LogP contribution in [0.4, 0.5) is 0 Å². The number of hydrogen-bond donors (Lipinski definition) is 0. The third-order valence-electron chi connectivity index (χ3n) is 6.59. The molecular weight excluding hydrogens is 468 g/mol. The Hall–Kier alpha value is -3.82. The van der Waals surface area contributed by atoms with Crippen LogP contribution in [-0.4, -0.2) is 9.13 Å². The first-order chi connectivity index (χ1) is 16.3. The maximum absolute atomic E-state index is 3.60. The molecule has 0 saturated carbocycles. The van der Waals surface area contributed by atoms with Crippen molar-refractivity contribution in [1.29, 1.82) is 0 Å². The van der Waals surface area contributed by atoms with E-state index in [1.807, 2.05) is 0 Å². The van der Waals surface area contributed by atoms with Gasteiger partial charge in [-0.1, -0.05) is 82.7 Å². The van der Waals surface area contributed by atoms with Gasteiger partial charge in [-0.25, -0.2) is 0 Å². The number of halogens is 1. The molecule has 0 N–H and O–H groups in total. The van der Waals surface area contributed by atoms with E-state index < -0.39 is 0 Å². The molecule has 33 heavy (non-hydrogen) atoms. The molecule has 2 aromatic heterocycles. The van der Waals surface area contributed by atoms with Crippen molar-refractivity contribution in [2.45, 2.75) is 0 Å². The Kier molecular flexibility index (Phi) is 4.02. The van der Waals surface area contributed by atoms with Gasteiger partial charge in [-0.15, -0.1) is 0 Å². The highest BCUT2D eigenvalue weighted by Gasteiger charge is 2.21. The van der Waals surface area contributed by atoms with E-state index in [-0.39, 0.29) is 0 Å². The first-order valence-corrected chi connectivity index (χ1v) is 11.9. The van der Waals surface area contributed by atoms with E-state index in [0.29, 0.717) is 0 Å². The highest BCUT2D eigenvalue weighted by atomic mass is 79.9. The maximum Gasteiger partial charge on any atom is 0.0798 e. The van der Waals surface area contributed by atoms with Gasteiger partial charge < -0.3 is 9.13 Å². The fourth-order valence-corrected chi connectivity index (χ4v) is 5.49. The summed E-state index contributed by atoms with van der Waals surface area (Å²) in [5.41, 5.74) is 6.02. The third-order valence-corrected chi connectivity index (χ3v) is 7.12. The second-order valence-electron chi connectivity index (χ2n) is 8.38. The summed E-state index contributed by atoms with van der Waals surface area (Å²) in [6, 6.07) is 39.0. The zero-order chi connectivity index (χ0) is 21.9. The number of hydrogen-bond acceptors (Lipinski definition) is 0. The van der Waals surface area contributed by atoms with E-state index in [1.165, 1.54) is 49.2 Å². The first-order valence-electron chi connectivity index (χ1n) is 11.1. The summed E-state index contributed by atoms with van der Waals surface area (Å²) in [6.45, 7) is 0. The molecule has 7 aromatic rings. The summed E-state index contributed by atoms with van der Waals surface area (Å²) < 4.78 is 5.83. The highest BCUT2D eigenvalue weighted by molar-refractivity contribution is 9.10. The quantitative estimate of drug-likeness (QED) is 0.216. The Bertz CT molecular complexity index is 1810. The van der Waals surface area contributed by atoms with Crippen molar-refractivity contribution in [2.24, 2.45) is 0 Å². The van der Waals surface area contributed by atoms with Crippen LogP contribution in [0.15, 0.2) is 120 Å². The Morgan fingerprint density at radius 3 is 1.82 bits per heavy atom. The maximum atomic E-state index is 3.60. The standard InChI is InChI=1S/C30H19BrN2/c31-20-14-16-22(17-15-20)33-27-18-19-32(21-8-2-1-3-9-21)30(27)28-25-12-6-4-10-23(25)24-11-5-7-13-26(24)29(28)33/h1-19H. The first kappa shape index (κ1) is 18.7. The topological polar surface area (TPSA) is 9.86 Å². The van der Waals surface area contributed by atoms with Crippen molar-refractivity contribution in [3.63, 3.8) is 0 Å². The molecule has 0 radical (unpaired) electrons. The minimum Gasteiger partial charge on any atom is -0.314 e. The second-order valence-corrected chi connectivity index (χ2v) is 9.30. The summed E-state index contributed by atoms with van der Waals surface area (Å²) in [4.78, 5) is 0. The molecule has 0 bridgehead atoms. The Morgan fingerprint density at radius 1 is 0.485 bits per heavy atom. The van der Waals surface area contributed by atoms with Gasteiger partial charge in [0, 0.05) is 32.8 Å². The van der Waals surface area contributed by atoms with Gasteiger partial charge in [0.15, 0.2) is 0 Å². The number of benzene rings is 5. The van der Waals surface area contributed by atoms with Gasteiger partial charge in [0.1, 0.15) is 0 Å². The predicted molar refractivity (Wildman–Crippen MR) is 143 cm³/mol. The van der Waals surface area contributed by atoms with Gasteiger partial charge in [0.2, 0.25) is 0 Å². The summed E-state index contributed by atoms with van der Waals surface area (Å²) >= 11 is 3.60. The zero-order valence-corrected chi connectivity index (χ0v) is 19.3. The van der Waals surface area contributed by atoms with Crippen molar-refractivity contribution < 1.29 is 0 Å². The van der Waals surface area contributed by atoms with Gasteiger partial charge in [-0.3, -0.25) is 0 Å². The molecule has 3 heteroatoms.